The Balaban J connectivity index is 2.59. The van der Waals surface area contributed by atoms with Crippen molar-refractivity contribution in [1.29, 1.82) is 0 Å². The Kier molecular flexibility index (Phi) is 3.09. The minimum Gasteiger partial charge on any atom is -0.395 e. The molecule has 3 nitrogen and oxygen atoms in total. The number of aliphatic hydroxyl groups is 1. The van der Waals surface area contributed by atoms with Gasteiger partial charge in [0.15, 0.2) is 0 Å². The van der Waals surface area contributed by atoms with Crippen LogP contribution in [0.15, 0.2) is 0 Å². The molecule has 72 valence electrons. The first-order chi connectivity index (χ1) is 5.58. The van der Waals surface area contributed by atoms with Gasteiger partial charge in [-0.05, 0) is 20.8 Å². The Bertz CT molecular complexity index is 147. The highest BCUT2D eigenvalue weighted by Crippen LogP contribution is 2.21. The SMILES string of the molecule is CC(CO)N1CCOCC1(C)C. The first-order valence-corrected chi connectivity index (χ1v) is 4.53. The molecule has 0 amide bonds. The lowest BCUT2D eigenvalue weighted by Crippen LogP contribution is -2.57. The average molecular weight is 173 g/mol. The fourth-order valence-electron chi connectivity index (χ4n) is 1.79. The molecule has 0 aromatic heterocycles. The summed E-state index contributed by atoms with van der Waals surface area (Å²) >= 11 is 0. The maximum atomic E-state index is 9.04. The number of aliphatic hydroxyl groups excluding tert-OH is 1. The molecule has 1 atom stereocenters. The fourth-order valence-corrected chi connectivity index (χ4v) is 1.79. The van der Waals surface area contributed by atoms with Gasteiger partial charge in [-0.2, -0.15) is 0 Å². The van der Waals surface area contributed by atoms with E-state index in [2.05, 4.69) is 18.7 Å². The van der Waals surface area contributed by atoms with Gasteiger partial charge in [0, 0.05) is 18.1 Å². The largest absolute Gasteiger partial charge is 0.395 e. The van der Waals surface area contributed by atoms with Gasteiger partial charge in [-0.3, -0.25) is 4.90 Å². The molecule has 0 spiro atoms. The lowest BCUT2D eigenvalue weighted by molar-refractivity contribution is -0.0767. The van der Waals surface area contributed by atoms with E-state index in [-0.39, 0.29) is 18.2 Å². The molecule has 1 saturated heterocycles. The molecule has 3 heteroatoms. The van der Waals surface area contributed by atoms with Crippen LogP contribution in [0.3, 0.4) is 0 Å². The number of rotatable bonds is 2. The van der Waals surface area contributed by atoms with Gasteiger partial charge in [-0.15, -0.1) is 0 Å². The van der Waals surface area contributed by atoms with Crippen molar-refractivity contribution in [3.63, 3.8) is 0 Å². The Labute approximate surface area is 74.3 Å². The second kappa shape index (κ2) is 3.73. The van der Waals surface area contributed by atoms with E-state index in [4.69, 9.17) is 9.84 Å². The third kappa shape index (κ3) is 1.97. The standard InChI is InChI=1S/C9H19NO2/c1-8(6-11)10-4-5-12-7-9(10,2)3/h8,11H,4-7H2,1-3H3. The zero-order valence-electron chi connectivity index (χ0n) is 8.21. The summed E-state index contributed by atoms with van der Waals surface area (Å²) in [4.78, 5) is 2.30. The number of nitrogens with zero attached hydrogens (tertiary/aromatic N) is 1. The number of ether oxygens (including phenoxy) is 1. The first-order valence-electron chi connectivity index (χ1n) is 4.53. The maximum Gasteiger partial charge on any atom is 0.0645 e. The van der Waals surface area contributed by atoms with E-state index in [1.807, 2.05) is 6.92 Å². The van der Waals surface area contributed by atoms with Gasteiger partial charge >= 0.3 is 0 Å². The van der Waals surface area contributed by atoms with Crippen LogP contribution >= 0.6 is 0 Å². The molecule has 0 aromatic rings. The van der Waals surface area contributed by atoms with Crippen molar-refractivity contribution >= 4 is 0 Å². The lowest BCUT2D eigenvalue weighted by atomic mass is 10.0. The van der Waals surface area contributed by atoms with Crippen LogP contribution in [0.2, 0.25) is 0 Å². The van der Waals surface area contributed by atoms with Crippen LogP contribution in [0.4, 0.5) is 0 Å². The van der Waals surface area contributed by atoms with Crippen LogP contribution in [0.1, 0.15) is 20.8 Å². The summed E-state index contributed by atoms with van der Waals surface area (Å²) in [5.74, 6) is 0. The minimum atomic E-state index is 0.0698. The summed E-state index contributed by atoms with van der Waals surface area (Å²) < 4.78 is 5.39. The third-order valence-electron chi connectivity index (χ3n) is 2.51. The summed E-state index contributed by atoms with van der Waals surface area (Å²) in [6, 6.07) is 0.240. The zero-order chi connectivity index (χ0) is 9.19. The Hall–Kier alpha value is -0.120. The summed E-state index contributed by atoms with van der Waals surface area (Å²) in [6.45, 7) is 9.05. The van der Waals surface area contributed by atoms with Gasteiger partial charge in [0.05, 0.1) is 19.8 Å². The zero-order valence-corrected chi connectivity index (χ0v) is 8.21. The Morgan fingerprint density at radius 2 is 2.25 bits per heavy atom. The van der Waals surface area contributed by atoms with Crippen molar-refractivity contribution in [1.82, 2.24) is 4.90 Å². The van der Waals surface area contributed by atoms with E-state index < -0.39 is 0 Å². The van der Waals surface area contributed by atoms with Crippen LogP contribution in [0, 0.1) is 0 Å². The average Bonchev–Trinajstić information content (AvgIpc) is 2.02. The van der Waals surface area contributed by atoms with E-state index in [1.54, 1.807) is 0 Å². The number of hydrogen-bond donors (Lipinski definition) is 1. The molecule has 0 bridgehead atoms. The normalized spacial score (nSPS) is 27.0. The first kappa shape index (κ1) is 9.96. The molecule has 1 rings (SSSR count). The molecule has 1 unspecified atom stereocenters. The molecule has 1 fully saturated rings. The van der Waals surface area contributed by atoms with E-state index >= 15 is 0 Å². The quantitative estimate of drug-likeness (QED) is 0.659. The second-order valence-corrected chi connectivity index (χ2v) is 4.09. The van der Waals surface area contributed by atoms with Gasteiger partial charge in [0.1, 0.15) is 0 Å². The maximum absolute atomic E-state index is 9.04. The molecular formula is C9H19NO2. The van der Waals surface area contributed by atoms with Crippen LogP contribution in [0.5, 0.6) is 0 Å². The van der Waals surface area contributed by atoms with E-state index in [0.29, 0.717) is 0 Å². The molecule has 0 radical (unpaired) electrons. The van der Waals surface area contributed by atoms with Crippen LogP contribution in [-0.2, 0) is 4.74 Å². The van der Waals surface area contributed by atoms with Crippen molar-refractivity contribution in [2.75, 3.05) is 26.4 Å². The molecule has 0 aromatic carbocycles. The highest BCUT2D eigenvalue weighted by Gasteiger charge is 2.33. The predicted octanol–water partition coefficient (Wildman–Crippen LogP) is 0.478. The van der Waals surface area contributed by atoms with Crippen LogP contribution < -0.4 is 0 Å². The lowest BCUT2D eigenvalue weighted by Gasteiger charge is -2.45. The molecule has 12 heavy (non-hydrogen) atoms. The summed E-state index contributed by atoms with van der Waals surface area (Å²) in [6.07, 6.45) is 0. The summed E-state index contributed by atoms with van der Waals surface area (Å²) in [5, 5.41) is 9.04. The monoisotopic (exact) mass is 173 g/mol. The number of hydrogen-bond acceptors (Lipinski definition) is 3. The van der Waals surface area contributed by atoms with E-state index in [9.17, 15) is 0 Å². The molecule has 1 aliphatic heterocycles. The van der Waals surface area contributed by atoms with Gasteiger partial charge in [-0.25, -0.2) is 0 Å². The van der Waals surface area contributed by atoms with Crippen molar-refractivity contribution in [3.05, 3.63) is 0 Å². The smallest absolute Gasteiger partial charge is 0.0645 e. The van der Waals surface area contributed by atoms with Gasteiger partial charge in [-0.1, -0.05) is 0 Å². The van der Waals surface area contributed by atoms with Crippen LogP contribution in [-0.4, -0.2) is 48.0 Å². The predicted molar refractivity (Wildman–Crippen MR) is 48.2 cm³/mol. The van der Waals surface area contributed by atoms with E-state index in [1.165, 1.54) is 0 Å². The topological polar surface area (TPSA) is 32.7 Å². The van der Waals surface area contributed by atoms with Crippen molar-refractivity contribution in [2.24, 2.45) is 0 Å². The molecule has 1 aliphatic rings. The number of morpholine rings is 1. The second-order valence-electron chi connectivity index (χ2n) is 4.09. The molecular weight excluding hydrogens is 154 g/mol. The fraction of sp³-hybridized carbons (Fsp3) is 1.00. The summed E-state index contributed by atoms with van der Waals surface area (Å²) in [7, 11) is 0. The highest BCUT2D eigenvalue weighted by atomic mass is 16.5. The van der Waals surface area contributed by atoms with Crippen molar-refractivity contribution in [3.8, 4) is 0 Å². The Morgan fingerprint density at radius 1 is 1.58 bits per heavy atom. The molecule has 0 aliphatic carbocycles. The molecule has 1 heterocycles. The van der Waals surface area contributed by atoms with Gasteiger partial charge < -0.3 is 9.84 Å². The third-order valence-corrected chi connectivity index (χ3v) is 2.51. The van der Waals surface area contributed by atoms with Crippen molar-refractivity contribution in [2.45, 2.75) is 32.4 Å². The van der Waals surface area contributed by atoms with E-state index in [0.717, 1.165) is 19.8 Å². The molecule has 0 saturated carbocycles. The summed E-state index contributed by atoms with van der Waals surface area (Å²) in [5.41, 5.74) is 0.0698. The highest BCUT2D eigenvalue weighted by molar-refractivity contribution is 4.87. The Morgan fingerprint density at radius 3 is 2.75 bits per heavy atom. The van der Waals surface area contributed by atoms with Gasteiger partial charge in [0.25, 0.3) is 0 Å². The van der Waals surface area contributed by atoms with Gasteiger partial charge in [0.2, 0.25) is 0 Å². The minimum absolute atomic E-state index is 0.0698. The van der Waals surface area contributed by atoms with Crippen molar-refractivity contribution < 1.29 is 9.84 Å². The molecule has 1 N–H and O–H groups in total. The van der Waals surface area contributed by atoms with Crippen LogP contribution in [0.25, 0.3) is 0 Å².